The largest absolute Gasteiger partial charge is 0.467 e. The molecule has 0 aromatic carbocycles. The molecule has 1 amide bonds. The van der Waals surface area contributed by atoms with E-state index in [1.165, 1.54) is 0 Å². The Labute approximate surface area is 176 Å². The average Bonchev–Trinajstić information content (AvgIpc) is 3.00. The van der Waals surface area contributed by atoms with Crippen molar-refractivity contribution in [3.63, 3.8) is 0 Å². The Morgan fingerprint density at radius 1 is 1.17 bits per heavy atom. The van der Waals surface area contributed by atoms with Crippen LogP contribution in [0.5, 0.6) is 0 Å². The van der Waals surface area contributed by atoms with E-state index in [1.807, 2.05) is 6.92 Å². The Balaban J connectivity index is 1.76. The second-order valence-corrected chi connectivity index (χ2v) is 9.48. The first kappa shape index (κ1) is 22.6. The summed E-state index contributed by atoms with van der Waals surface area (Å²) in [6, 6.07) is -1.16. The van der Waals surface area contributed by atoms with Crippen LogP contribution in [0.3, 0.4) is 0 Å². The molecule has 0 aromatic heterocycles. The number of amides is 1. The lowest BCUT2D eigenvalue weighted by Gasteiger charge is -2.52. The molecular weight excluding hydrogens is 390 g/mol. The molecule has 8 heteroatoms. The van der Waals surface area contributed by atoms with E-state index in [4.69, 9.17) is 0 Å². The van der Waals surface area contributed by atoms with Crippen LogP contribution in [-0.2, 0) is 28.7 Å². The van der Waals surface area contributed by atoms with Crippen molar-refractivity contribution in [1.29, 1.82) is 0 Å². The van der Waals surface area contributed by atoms with Gasteiger partial charge in [0.2, 0.25) is 5.91 Å². The Kier molecular flexibility index (Phi) is 6.18. The highest BCUT2D eigenvalue weighted by Gasteiger charge is 2.62. The molecule has 2 N–H and O–H groups in total. The number of carbonyl (C=O) groups excluding carboxylic acids is 5. The fourth-order valence-electron chi connectivity index (χ4n) is 6.17. The van der Waals surface area contributed by atoms with Crippen molar-refractivity contribution in [3.05, 3.63) is 0 Å². The number of hydrogen-bond donors (Lipinski definition) is 2. The van der Waals surface area contributed by atoms with Crippen molar-refractivity contribution >= 4 is 29.2 Å². The summed E-state index contributed by atoms with van der Waals surface area (Å²) in [4.78, 5) is 62.5. The minimum atomic E-state index is -1.16. The number of Topliss-reactive ketones (excluding diaryl/α,β-unsaturated/α-hetero) is 3. The number of esters is 1. The number of ketones is 3. The third-order valence-corrected chi connectivity index (χ3v) is 7.87. The van der Waals surface area contributed by atoms with Gasteiger partial charge in [-0.25, -0.2) is 4.79 Å². The number of hydrogen-bond acceptors (Lipinski definition) is 7. The SMILES string of the molecule is COC(=O)[C@H](CO)NC(=O)CC[C@@]1(C)C(=O)CC[C@@H]2C1C(=O)C[C@]1(C)C(=O)CCC21. The van der Waals surface area contributed by atoms with Crippen LogP contribution in [0, 0.1) is 28.6 Å². The summed E-state index contributed by atoms with van der Waals surface area (Å²) in [5.41, 5.74) is -1.59. The summed E-state index contributed by atoms with van der Waals surface area (Å²) in [5.74, 6) is -1.56. The average molecular weight is 421 g/mol. The summed E-state index contributed by atoms with van der Waals surface area (Å²) < 4.78 is 4.54. The molecule has 0 saturated heterocycles. The highest BCUT2D eigenvalue weighted by atomic mass is 16.5. The molecule has 3 saturated carbocycles. The zero-order valence-electron chi connectivity index (χ0n) is 17.9. The van der Waals surface area contributed by atoms with E-state index in [1.54, 1.807) is 6.92 Å². The smallest absolute Gasteiger partial charge is 0.330 e. The van der Waals surface area contributed by atoms with Gasteiger partial charge >= 0.3 is 5.97 Å². The normalized spacial score (nSPS) is 36.7. The van der Waals surface area contributed by atoms with Crippen LogP contribution in [0.2, 0.25) is 0 Å². The van der Waals surface area contributed by atoms with Crippen LogP contribution in [0.15, 0.2) is 0 Å². The van der Waals surface area contributed by atoms with Gasteiger partial charge in [-0.1, -0.05) is 13.8 Å². The lowest BCUT2D eigenvalue weighted by Crippen LogP contribution is -2.56. The van der Waals surface area contributed by atoms with Gasteiger partial charge in [-0.3, -0.25) is 19.2 Å². The van der Waals surface area contributed by atoms with Gasteiger partial charge in [0.1, 0.15) is 17.3 Å². The van der Waals surface area contributed by atoms with E-state index in [0.29, 0.717) is 19.3 Å². The molecule has 0 spiro atoms. The maximum atomic E-state index is 13.2. The Bertz CT molecular complexity index is 777. The summed E-state index contributed by atoms with van der Waals surface area (Å²) in [6.45, 7) is 3.07. The standard InChI is InChI=1S/C22H31NO7/c1-21(9-8-18(28)23-14(11-24)20(29)30-3)16(26)6-4-12-13-5-7-17(27)22(13,2)10-15(25)19(12)21/h12-14,19,24H,4-11H2,1-3H3,(H,23,28)/t12-,13?,14-,19?,21-,22-/m0/s1. The van der Waals surface area contributed by atoms with Crippen LogP contribution in [-0.4, -0.2) is 54.1 Å². The maximum absolute atomic E-state index is 13.2. The third kappa shape index (κ3) is 3.59. The number of nitrogens with one attached hydrogen (secondary N) is 1. The summed E-state index contributed by atoms with van der Waals surface area (Å²) in [5, 5.41) is 11.7. The summed E-state index contributed by atoms with van der Waals surface area (Å²) >= 11 is 0. The molecule has 2 unspecified atom stereocenters. The van der Waals surface area contributed by atoms with Gasteiger partial charge < -0.3 is 15.2 Å². The van der Waals surface area contributed by atoms with Crippen molar-refractivity contribution in [2.24, 2.45) is 28.6 Å². The van der Waals surface area contributed by atoms with Crippen LogP contribution in [0.25, 0.3) is 0 Å². The zero-order chi connectivity index (χ0) is 22.3. The number of aliphatic hydroxyl groups is 1. The molecule has 0 aromatic rings. The Morgan fingerprint density at radius 3 is 2.47 bits per heavy atom. The van der Waals surface area contributed by atoms with Crippen molar-refractivity contribution in [2.45, 2.75) is 64.8 Å². The van der Waals surface area contributed by atoms with Crippen molar-refractivity contribution in [3.8, 4) is 0 Å². The Morgan fingerprint density at radius 2 is 1.83 bits per heavy atom. The van der Waals surface area contributed by atoms with Gasteiger partial charge in [0.25, 0.3) is 0 Å². The van der Waals surface area contributed by atoms with E-state index in [9.17, 15) is 29.1 Å². The van der Waals surface area contributed by atoms with Crippen molar-refractivity contribution in [2.75, 3.05) is 13.7 Å². The quantitative estimate of drug-likeness (QED) is 0.612. The highest BCUT2D eigenvalue weighted by Crippen LogP contribution is 2.60. The lowest BCUT2D eigenvalue weighted by molar-refractivity contribution is -0.160. The lowest BCUT2D eigenvalue weighted by atomic mass is 9.48. The minimum absolute atomic E-state index is 0.0197. The molecule has 0 heterocycles. The zero-order valence-corrected chi connectivity index (χ0v) is 17.9. The second-order valence-electron chi connectivity index (χ2n) is 9.48. The molecule has 3 fully saturated rings. The van der Waals surface area contributed by atoms with Crippen LogP contribution < -0.4 is 5.32 Å². The number of carbonyl (C=O) groups is 5. The summed E-state index contributed by atoms with van der Waals surface area (Å²) in [7, 11) is 1.16. The van der Waals surface area contributed by atoms with Crippen LogP contribution >= 0.6 is 0 Å². The maximum Gasteiger partial charge on any atom is 0.330 e. The first-order valence-electron chi connectivity index (χ1n) is 10.7. The number of methoxy groups -OCH3 is 1. The van der Waals surface area contributed by atoms with Gasteiger partial charge in [-0.2, -0.15) is 0 Å². The van der Waals surface area contributed by atoms with Gasteiger partial charge in [-0.05, 0) is 31.1 Å². The minimum Gasteiger partial charge on any atom is -0.467 e. The fourth-order valence-corrected chi connectivity index (χ4v) is 6.17. The van der Waals surface area contributed by atoms with Crippen molar-refractivity contribution < 1.29 is 33.8 Å². The van der Waals surface area contributed by atoms with E-state index in [-0.39, 0.29) is 48.4 Å². The molecule has 3 aliphatic carbocycles. The monoisotopic (exact) mass is 421 g/mol. The molecule has 166 valence electrons. The number of ether oxygens (including phenoxy) is 1. The molecule has 3 aliphatic rings. The van der Waals surface area contributed by atoms with Gasteiger partial charge in [0.05, 0.1) is 13.7 Å². The van der Waals surface area contributed by atoms with Gasteiger partial charge in [-0.15, -0.1) is 0 Å². The Hall–Kier alpha value is -2.09. The molecule has 30 heavy (non-hydrogen) atoms. The van der Waals surface area contributed by atoms with Crippen LogP contribution in [0.1, 0.15) is 58.8 Å². The number of fused-ring (bicyclic) bond motifs is 3. The van der Waals surface area contributed by atoms with E-state index in [2.05, 4.69) is 10.1 Å². The summed E-state index contributed by atoms with van der Waals surface area (Å²) in [6.07, 6.45) is 2.50. The third-order valence-electron chi connectivity index (χ3n) is 7.87. The molecule has 6 atom stereocenters. The molecule has 3 rings (SSSR count). The first-order chi connectivity index (χ1) is 14.1. The topological polar surface area (TPSA) is 127 Å². The molecular formula is C22H31NO7. The van der Waals surface area contributed by atoms with E-state index < -0.39 is 41.3 Å². The second kappa shape index (κ2) is 8.21. The van der Waals surface area contributed by atoms with E-state index in [0.717, 1.165) is 13.5 Å². The first-order valence-corrected chi connectivity index (χ1v) is 10.7. The van der Waals surface area contributed by atoms with E-state index >= 15 is 0 Å². The van der Waals surface area contributed by atoms with Crippen LogP contribution in [0.4, 0.5) is 0 Å². The number of aliphatic hydroxyl groups excluding tert-OH is 1. The number of rotatable bonds is 6. The molecule has 8 nitrogen and oxygen atoms in total. The predicted molar refractivity (Wildman–Crippen MR) is 105 cm³/mol. The molecule has 0 aliphatic heterocycles. The highest BCUT2D eigenvalue weighted by molar-refractivity contribution is 5.99. The predicted octanol–water partition coefficient (Wildman–Crippen LogP) is 0.976. The molecule has 0 radical (unpaired) electrons. The van der Waals surface area contributed by atoms with Gasteiger partial charge in [0, 0.05) is 42.4 Å². The molecule has 0 bridgehead atoms. The fraction of sp³-hybridized carbons (Fsp3) is 0.773. The van der Waals surface area contributed by atoms with Crippen molar-refractivity contribution in [1.82, 2.24) is 5.32 Å². The van der Waals surface area contributed by atoms with Gasteiger partial charge in [0.15, 0.2) is 6.04 Å².